The normalized spacial score (nSPS) is 10.4. The Morgan fingerprint density at radius 1 is 1.44 bits per heavy atom. The lowest BCUT2D eigenvalue weighted by Gasteiger charge is -2.02. The van der Waals surface area contributed by atoms with Gasteiger partial charge in [0, 0.05) is 18.8 Å². The van der Waals surface area contributed by atoms with E-state index in [4.69, 9.17) is 0 Å². The Balaban J connectivity index is 2.42. The Labute approximate surface area is 100 Å². The Hall–Kier alpha value is -1.49. The molecule has 0 atom stereocenters. The van der Waals surface area contributed by atoms with E-state index in [9.17, 15) is 9.18 Å². The third-order valence-corrected chi connectivity index (χ3v) is 2.84. The van der Waals surface area contributed by atoms with Crippen molar-refractivity contribution in [2.45, 2.75) is 0 Å². The Morgan fingerprint density at radius 3 is 2.75 bits per heavy atom. The number of nitrogens with zero attached hydrogens (tertiary/aromatic N) is 2. The van der Waals surface area contributed by atoms with Crippen molar-refractivity contribution in [3.63, 3.8) is 0 Å². The number of hydrogen-bond acceptors (Lipinski definition) is 2. The molecular formula is C11H8BrFN2O. The zero-order valence-electron chi connectivity index (χ0n) is 8.45. The maximum atomic E-state index is 13.0. The number of ketones is 1. The number of aromatic nitrogens is 2. The summed E-state index contributed by atoms with van der Waals surface area (Å²) in [5.74, 6) is -0.567. The number of rotatable bonds is 2. The standard InChI is InChI=1S/C11H8BrFN2O/c1-15-10(4-5-14-15)11(16)7-2-3-9(13)8(12)6-7/h2-6H,1H3. The molecule has 0 N–H and O–H groups in total. The number of benzene rings is 1. The van der Waals surface area contributed by atoms with Gasteiger partial charge < -0.3 is 0 Å². The van der Waals surface area contributed by atoms with Gasteiger partial charge in [0.1, 0.15) is 11.5 Å². The van der Waals surface area contributed by atoms with Crippen molar-refractivity contribution in [3.8, 4) is 0 Å². The zero-order valence-corrected chi connectivity index (χ0v) is 10.0. The highest BCUT2D eigenvalue weighted by molar-refractivity contribution is 9.10. The van der Waals surface area contributed by atoms with E-state index in [-0.39, 0.29) is 16.1 Å². The fourth-order valence-corrected chi connectivity index (χ4v) is 1.76. The van der Waals surface area contributed by atoms with Gasteiger partial charge in [-0.25, -0.2) is 4.39 Å². The molecule has 0 saturated heterocycles. The van der Waals surface area contributed by atoms with Crippen LogP contribution in [0, 0.1) is 5.82 Å². The maximum Gasteiger partial charge on any atom is 0.211 e. The first kappa shape index (κ1) is 11.0. The highest BCUT2D eigenvalue weighted by Crippen LogP contribution is 2.18. The van der Waals surface area contributed by atoms with Crippen molar-refractivity contribution in [2.75, 3.05) is 0 Å². The summed E-state index contributed by atoms with van der Waals surface area (Å²) < 4.78 is 14.8. The summed E-state index contributed by atoms with van der Waals surface area (Å²) in [4.78, 5) is 12.0. The van der Waals surface area contributed by atoms with Crippen LogP contribution in [-0.4, -0.2) is 15.6 Å². The monoisotopic (exact) mass is 282 g/mol. The van der Waals surface area contributed by atoms with Crippen molar-refractivity contribution in [3.05, 3.63) is 52.0 Å². The SMILES string of the molecule is Cn1nccc1C(=O)c1ccc(F)c(Br)c1. The van der Waals surface area contributed by atoms with E-state index < -0.39 is 0 Å². The van der Waals surface area contributed by atoms with E-state index in [1.54, 1.807) is 19.3 Å². The van der Waals surface area contributed by atoms with Crippen LogP contribution in [0.1, 0.15) is 16.1 Å². The van der Waals surface area contributed by atoms with Crippen LogP contribution in [0.15, 0.2) is 34.9 Å². The van der Waals surface area contributed by atoms with Crippen LogP contribution in [0.2, 0.25) is 0 Å². The summed E-state index contributed by atoms with van der Waals surface area (Å²) in [5, 5.41) is 3.91. The molecule has 1 aromatic carbocycles. The van der Waals surface area contributed by atoms with Crippen LogP contribution in [0.3, 0.4) is 0 Å². The fourth-order valence-electron chi connectivity index (χ4n) is 1.38. The summed E-state index contributed by atoms with van der Waals surface area (Å²) in [7, 11) is 1.69. The molecule has 0 spiro atoms. The molecule has 16 heavy (non-hydrogen) atoms. The van der Waals surface area contributed by atoms with Gasteiger partial charge in [-0.3, -0.25) is 9.48 Å². The number of carbonyl (C=O) groups is 1. The van der Waals surface area contributed by atoms with Gasteiger partial charge in [0.15, 0.2) is 0 Å². The third-order valence-electron chi connectivity index (χ3n) is 2.24. The van der Waals surface area contributed by atoms with E-state index in [0.717, 1.165) is 0 Å². The molecule has 0 aliphatic heterocycles. The lowest BCUT2D eigenvalue weighted by atomic mass is 10.1. The van der Waals surface area contributed by atoms with Crippen molar-refractivity contribution in [2.24, 2.45) is 7.05 Å². The van der Waals surface area contributed by atoms with Crippen LogP contribution in [0.4, 0.5) is 4.39 Å². The van der Waals surface area contributed by atoms with Gasteiger partial charge in [0.2, 0.25) is 5.78 Å². The number of aryl methyl sites for hydroxylation is 1. The molecule has 0 aliphatic carbocycles. The van der Waals surface area contributed by atoms with Crippen molar-refractivity contribution >= 4 is 21.7 Å². The minimum Gasteiger partial charge on any atom is -0.287 e. The van der Waals surface area contributed by atoms with E-state index >= 15 is 0 Å². The quantitative estimate of drug-likeness (QED) is 0.794. The van der Waals surface area contributed by atoms with E-state index in [2.05, 4.69) is 21.0 Å². The van der Waals surface area contributed by atoms with E-state index in [1.807, 2.05) is 0 Å². The molecule has 1 heterocycles. The average molecular weight is 283 g/mol. The molecule has 0 radical (unpaired) electrons. The van der Waals surface area contributed by atoms with Crippen LogP contribution in [0.25, 0.3) is 0 Å². The molecular weight excluding hydrogens is 275 g/mol. The van der Waals surface area contributed by atoms with Crippen molar-refractivity contribution < 1.29 is 9.18 Å². The molecule has 0 bridgehead atoms. The second-order valence-electron chi connectivity index (χ2n) is 3.30. The zero-order chi connectivity index (χ0) is 11.7. The molecule has 2 aromatic rings. The van der Waals surface area contributed by atoms with Crippen LogP contribution < -0.4 is 0 Å². The maximum absolute atomic E-state index is 13.0. The molecule has 0 saturated carbocycles. The van der Waals surface area contributed by atoms with Gasteiger partial charge in [-0.05, 0) is 40.2 Å². The van der Waals surface area contributed by atoms with Crippen LogP contribution in [0.5, 0.6) is 0 Å². The minimum absolute atomic E-state index is 0.180. The Kier molecular flexibility index (Phi) is 2.87. The molecule has 5 heteroatoms. The van der Waals surface area contributed by atoms with E-state index in [0.29, 0.717) is 11.3 Å². The first-order chi connectivity index (χ1) is 7.59. The fraction of sp³-hybridized carbons (Fsp3) is 0.0909. The molecule has 0 fully saturated rings. The topological polar surface area (TPSA) is 34.9 Å². The summed E-state index contributed by atoms with van der Waals surface area (Å²) in [5.41, 5.74) is 0.899. The molecule has 0 aliphatic rings. The predicted octanol–water partition coefficient (Wildman–Crippen LogP) is 2.55. The van der Waals surface area contributed by atoms with Crippen LogP contribution in [-0.2, 0) is 7.05 Å². The number of carbonyl (C=O) groups excluding carboxylic acids is 1. The van der Waals surface area contributed by atoms with Gasteiger partial charge >= 0.3 is 0 Å². The first-order valence-electron chi connectivity index (χ1n) is 4.57. The van der Waals surface area contributed by atoms with Gasteiger partial charge in [-0.1, -0.05) is 0 Å². The summed E-state index contributed by atoms with van der Waals surface area (Å²) in [6.07, 6.45) is 1.55. The smallest absolute Gasteiger partial charge is 0.211 e. The molecule has 2 rings (SSSR count). The lowest BCUT2D eigenvalue weighted by molar-refractivity contribution is 0.103. The largest absolute Gasteiger partial charge is 0.287 e. The van der Waals surface area contributed by atoms with Gasteiger partial charge in [0.05, 0.1) is 4.47 Å². The number of hydrogen-bond donors (Lipinski definition) is 0. The van der Waals surface area contributed by atoms with Crippen molar-refractivity contribution in [1.82, 2.24) is 9.78 Å². The molecule has 1 aromatic heterocycles. The van der Waals surface area contributed by atoms with Gasteiger partial charge in [0.25, 0.3) is 0 Å². The average Bonchev–Trinajstić information content (AvgIpc) is 2.67. The molecule has 0 unspecified atom stereocenters. The summed E-state index contributed by atoms with van der Waals surface area (Å²) in [6, 6.07) is 5.80. The Morgan fingerprint density at radius 2 is 2.19 bits per heavy atom. The molecule has 82 valence electrons. The Bertz CT molecular complexity index is 551. The third kappa shape index (κ3) is 1.90. The molecule has 3 nitrogen and oxygen atoms in total. The van der Waals surface area contributed by atoms with Gasteiger partial charge in [-0.2, -0.15) is 5.10 Å². The minimum atomic E-state index is -0.387. The highest BCUT2D eigenvalue weighted by atomic mass is 79.9. The lowest BCUT2D eigenvalue weighted by Crippen LogP contribution is -2.08. The second kappa shape index (κ2) is 4.17. The highest BCUT2D eigenvalue weighted by Gasteiger charge is 2.13. The second-order valence-corrected chi connectivity index (χ2v) is 4.15. The summed E-state index contributed by atoms with van der Waals surface area (Å²) in [6.45, 7) is 0. The van der Waals surface area contributed by atoms with Gasteiger partial charge in [-0.15, -0.1) is 0 Å². The summed E-state index contributed by atoms with van der Waals surface area (Å²) >= 11 is 3.05. The van der Waals surface area contributed by atoms with Crippen molar-refractivity contribution in [1.29, 1.82) is 0 Å². The first-order valence-corrected chi connectivity index (χ1v) is 5.36. The predicted molar refractivity (Wildman–Crippen MR) is 60.7 cm³/mol. The van der Waals surface area contributed by atoms with E-state index in [1.165, 1.54) is 22.9 Å². The van der Waals surface area contributed by atoms with Crippen LogP contribution >= 0.6 is 15.9 Å². The molecule has 0 amide bonds. The number of halogens is 2.